The third-order valence-electron chi connectivity index (χ3n) is 9.20. The van der Waals surface area contributed by atoms with Crippen molar-refractivity contribution in [3.8, 4) is 22.8 Å². The van der Waals surface area contributed by atoms with Crippen LogP contribution in [0.25, 0.3) is 43.6 Å². The van der Waals surface area contributed by atoms with Crippen LogP contribution >= 0.6 is 0 Å². The van der Waals surface area contributed by atoms with Gasteiger partial charge in [-0.25, -0.2) is 4.57 Å². The molecular formula is C39H43F3NO+. The number of nitrogens with zero attached hydrogens (tertiary/aromatic N) is 1. The molecule has 0 bridgehead atoms. The minimum atomic E-state index is -4.31. The fourth-order valence-electron chi connectivity index (χ4n) is 7.05. The summed E-state index contributed by atoms with van der Waals surface area (Å²) in [4.78, 5) is 0. The van der Waals surface area contributed by atoms with Gasteiger partial charge in [-0.15, -0.1) is 0 Å². The zero-order valence-electron chi connectivity index (χ0n) is 27.4. The molecule has 5 aromatic rings. The lowest BCUT2D eigenvalue weighted by Gasteiger charge is -2.30. The van der Waals surface area contributed by atoms with Gasteiger partial charge in [0.2, 0.25) is 5.69 Å². The zero-order valence-corrected chi connectivity index (χ0v) is 27.4. The second-order valence-electron chi connectivity index (χ2n) is 15.1. The van der Waals surface area contributed by atoms with Gasteiger partial charge in [0, 0.05) is 17.0 Å². The van der Waals surface area contributed by atoms with Crippen molar-refractivity contribution in [3.05, 3.63) is 77.0 Å². The molecule has 0 amide bonds. The number of aryl methyl sites for hydroxylation is 2. The van der Waals surface area contributed by atoms with Crippen LogP contribution in [0.1, 0.15) is 70.7 Å². The van der Waals surface area contributed by atoms with E-state index in [9.17, 15) is 13.2 Å². The van der Waals surface area contributed by atoms with Gasteiger partial charge in [-0.2, -0.15) is 13.2 Å². The third kappa shape index (κ3) is 5.02. The highest BCUT2D eigenvalue weighted by molar-refractivity contribution is 6.17. The first-order valence-corrected chi connectivity index (χ1v) is 15.7. The Hall–Kier alpha value is -3.60. The lowest BCUT2D eigenvalue weighted by molar-refractivity contribution is -0.659. The number of fused-ring (bicyclic) bond motifs is 5. The summed E-state index contributed by atoms with van der Waals surface area (Å²) in [5.41, 5.74) is 4.67. The van der Waals surface area contributed by atoms with Crippen LogP contribution in [-0.2, 0) is 26.3 Å². The highest BCUT2D eigenvalue weighted by Crippen LogP contribution is 2.53. The molecule has 6 rings (SSSR count). The van der Waals surface area contributed by atoms with E-state index in [0.717, 1.165) is 57.1 Å². The van der Waals surface area contributed by atoms with Crippen LogP contribution in [0.3, 0.4) is 0 Å². The lowest BCUT2D eigenvalue weighted by Crippen LogP contribution is -2.34. The van der Waals surface area contributed by atoms with Gasteiger partial charge in [-0.1, -0.05) is 84.9 Å². The number of hydrogen-bond donors (Lipinski definition) is 0. The summed E-state index contributed by atoms with van der Waals surface area (Å²) in [6, 6.07) is 16.6. The molecule has 0 spiro atoms. The average molecular weight is 599 g/mol. The van der Waals surface area contributed by atoms with E-state index >= 15 is 0 Å². The molecule has 0 radical (unpaired) electrons. The molecule has 0 saturated carbocycles. The number of ether oxygens (including phenoxy) is 1. The van der Waals surface area contributed by atoms with Gasteiger partial charge in [-0.05, 0) is 81.8 Å². The van der Waals surface area contributed by atoms with E-state index in [-0.39, 0.29) is 11.8 Å². The van der Waals surface area contributed by atoms with Crippen molar-refractivity contribution in [1.29, 1.82) is 0 Å². The molecule has 0 fully saturated rings. The molecule has 1 aliphatic heterocycles. The Labute approximate surface area is 258 Å². The number of rotatable bonds is 5. The van der Waals surface area contributed by atoms with Crippen LogP contribution in [0, 0.1) is 23.7 Å². The first-order valence-electron chi connectivity index (χ1n) is 15.7. The molecule has 4 aromatic carbocycles. The summed E-state index contributed by atoms with van der Waals surface area (Å²) in [5, 5.41) is 6.09. The van der Waals surface area contributed by atoms with E-state index in [1.54, 1.807) is 0 Å². The molecule has 2 heterocycles. The third-order valence-corrected chi connectivity index (χ3v) is 9.20. The molecule has 5 heteroatoms. The minimum absolute atomic E-state index is 0.0218. The number of pyridine rings is 1. The van der Waals surface area contributed by atoms with Crippen LogP contribution in [0.5, 0.6) is 11.5 Å². The van der Waals surface area contributed by atoms with E-state index in [1.807, 2.05) is 36.5 Å². The highest BCUT2D eigenvalue weighted by Gasteiger charge is 2.47. The van der Waals surface area contributed by atoms with Gasteiger partial charge in [-0.3, -0.25) is 0 Å². The molecule has 0 unspecified atom stereocenters. The van der Waals surface area contributed by atoms with Gasteiger partial charge in [0.25, 0.3) is 0 Å². The zero-order chi connectivity index (χ0) is 31.9. The van der Waals surface area contributed by atoms with Gasteiger partial charge < -0.3 is 4.74 Å². The topological polar surface area (TPSA) is 13.1 Å². The number of aromatic nitrogens is 1. The van der Waals surface area contributed by atoms with E-state index in [0.29, 0.717) is 11.5 Å². The van der Waals surface area contributed by atoms with E-state index in [1.165, 1.54) is 41.3 Å². The molecule has 0 aliphatic carbocycles. The smallest absolute Gasteiger partial charge is 0.394 e. The average Bonchev–Trinajstić information content (AvgIpc) is 2.90. The van der Waals surface area contributed by atoms with Gasteiger partial charge in [0.15, 0.2) is 6.20 Å². The Morgan fingerprint density at radius 1 is 0.841 bits per heavy atom. The normalized spacial score (nSPS) is 13.7. The molecule has 1 aliphatic rings. The minimum Gasteiger partial charge on any atom is -0.455 e. The van der Waals surface area contributed by atoms with Gasteiger partial charge in [0.1, 0.15) is 18.5 Å². The van der Waals surface area contributed by atoms with Crippen LogP contribution in [0.2, 0.25) is 0 Å². The SMILES string of the molecule is Cc1c2c(c(CC(C)(C)C)c3ccc(CC(C)C)cc13)Oc1cc3cccc(CC(C)(C)C(F)(F)F)c3c3cc[n+](C)c-2c13. The molecule has 0 atom stereocenters. The summed E-state index contributed by atoms with van der Waals surface area (Å²) >= 11 is 0. The summed E-state index contributed by atoms with van der Waals surface area (Å²) in [5.74, 6) is 2.20. The second-order valence-corrected chi connectivity index (χ2v) is 15.1. The molecule has 0 saturated heterocycles. The maximum Gasteiger partial charge on any atom is 0.394 e. The fourth-order valence-corrected chi connectivity index (χ4v) is 7.05. The van der Waals surface area contributed by atoms with Crippen molar-refractivity contribution >= 4 is 32.3 Å². The molecule has 230 valence electrons. The van der Waals surface area contributed by atoms with Crippen molar-refractivity contribution in [2.75, 3.05) is 0 Å². The lowest BCUT2D eigenvalue weighted by atomic mass is 9.80. The Morgan fingerprint density at radius 3 is 2.23 bits per heavy atom. The Balaban J connectivity index is 1.71. The van der Waals surface area contributed by atoms with Crippen LogP contribution in [-0.4, -0.2) is 6.18 Å². The predicted molar refractivity (Wildman–Crippen MR) is 176 cm³/mol. The Bertz CT molecular complexity index is 1960. The summed E-state index contributed by atoms with van der Waals surface area (Å²) in [6.07, 6.45) is -0.522. The van der Waals surface area contributed by atoms with Gasteiger partial charge in [0.05, 0.1) is 16.4 Å². The summed E-state index contributed by atoms with van der Waals surface area (Å²) in [6.45, 7) is 16.0. The largest absolute Gasteiger partial charge is 0.455 e. The van der Waals surface area contributed by atoms with Crippen molar-refractivity contribution < 1.29 is 22.5 Å². The van der Waals surface area contributed by atoms with Crippen LogP contribution < -0.4 is 9.30 Å². The maximum absolute atomic E-state index is 14.0. The van der Waals surface area contributed by atoms with Crippen LogP contribution in [0.4, 0.5) is 13.2 Å². The molecule has 0 N–H and O–H groups in total. The van der Waals surface area contributed by atoms with E-state index in [2.05, 4.69) is 71.4 Å². The standard InChI is InChI=1S/C39H43F3NO/c1-22(2)17-24-13-14-27-29(18-24)23(3)32-35-34-28(15-16-43(35)9)33-25(11-10-12-26(33)20-38(7,8)39(40,41)42)19-31(34)44-36(32)30(27)21-37(4,5)6/h10-16,18-19,22H,17,20-21H2,1-9H3/q+1. The van der Waals surface area contributed by atoms with Crippen molar-refractivity contribution in [3.63, 3.8) is 0 Å². The number of hydrogen-bond acceptors (Lipinski definition) is 1. The highest BCUT2D eigenvalue weighted by atomic mass is 19.4. The summed E-state index contributed by atoms with van der Waals surface area (Å²) in [7, 11) is 2.05. The quantitative estimate of drug-likeness (QED) is 0.142. The van der Waals surface area contributed by atoms with E-state index < -0.39 is 11.6 Å². The van der Waals surface area contributed by atoms with E-state index in [4.69, 9.17) is 4.74 Å². The monoisotopic (exact) mass is 598 g/mol. The van der Waals surface area contributed by atoms with Gasteiger partial charge >= 0.3 is 6.18 Å². The number of halogens is 3. The first-order chi connectivity index (χ1) is 20.5. The number of alkyl halides is 3. The summed E-state index contributed by atoms with van der Waals surface area (Å²) < 4.78 is 51.3. The maximum atomic E-state index is 14.0. The van der Waals surface area contributed by atoms with Crippen molar-refractivity contribution in [2.45, 2.75) is 80.8 Å². The molecule has 1 aromatic heterocycles. The molecule has 2 nitrogen and oxygen atoms in total. The Kier molecular flexibility index (Phi) is 7.07. The molecular weight excluding hydrogens is 555 g/mol. The number of benzene rings is 4. The second kappa shape index (κ2) is 10.2. The fraction of sp³-hybridized carbons (Fsp3) is 0.410. The Morgan fingerprint density at radius 2 is 1.57 bits per heavy atom. The predicted octanol–water partition coefficient (Wildman–Crippen LogP) is 11.0. The van der Waals surface area contributed by atoms with Crippen LogP contribution in [0.15, 0.2) is 54.7 Å². The first kappa shape index (κ1) is 30.4. The van der Waals surface area contributed by atoms with Crippen molar-refractivity contribution in [2.24, 2.45) is 23.8 Å². The van der Waals surface area contributed by atoms with Crippen molar-refractivity contribution in [1.82, 2.24) is 0 Å². The molecule has 44 heavy (non-hydrogen) atoms.